The summed E-state index contributed by atoms with van der Waals surface area (Å²) in [5, 5.41) is 12.3. The minimum atomic E-state index is 0.0400. The molecule has 86 valence electrons. The molecule has 0 fully saturated rings. The summed E-state index contributed by atoms with van der Waals surface area (Å²) >= 11 is 0. The Kier molecular flexibility index (Phi) is 3.15. The van der Waals surface area contributed by atoms with Gasteiger partial charge >= 0.3 is 0 Å². The van der Waals surface area contributed by atoms with E-state index in [9.17, 15) is 0 Å². The molecular formula is C14H14N2O. The van der Waals surface area contributed by atoms with E-state index in [2.05, 4.69) is 11.4 Å². The zero-order valence-electron chi connectivity index (χ0n) is 9.90. The fraction of sp³-hybridized carbons (Fsp3) is 0.214. The molecule has 1 heterocycles. The Bertz CT molecular complexity index is 551. The first-order chi connectivity index (χ1) is 8.20. The van der Waals surface area contributed by atoms with Crippen molar-refractivity contribution in [3.63, 3.8) is 0 Å². The van der Waals surface area contributed by atoms with Gasteiger partial charge in [-0.25, -0.2) is 0 Å². The van der Waals surface area contributed by atoms with Gasteiger partial charge in [0, 0.05) is 0 Å². The maximum Gasteiger partial charge on any atom is 0.126 e. The first-order valence-corrected chi connectivity index (χ1v) is 5.52. The predicted octanol–water partition coefficient (Wildman–Crippen LogP) is 3.63. The van der Waals surface area contributed by atoms with Gasteiger partial charge in [-0.1, -0.05) is 12.1 Å². The van der Waals surface area contributed by atoms with E-state index in [1.54, 1.807) is 6.07 Å². The van der Waals surface area contributed by atoms with Crippen LogP contribution < -0.4 is 5.32 Å². The normalized spacial score (nSPS) is 11.8. The standard InChI is InChI=1S/C14H14N2O/c1-10-7-8-14(17-10)11(2)16-13-6-4-3-5-12(13)9-15/h3-8,11,16H,1-2H3. The van der Waals surface area contributed by atoms with E-state index in [0.717, 1.165) is 17.2 Å². The molecule has 1 unspecified atom stereocenters. The van der Waals surface area contributed by atoms with E-state index < -0.39 is 0 Å². The SMILES string of the molecule is Cc1ccc(C(C)Nc2ccccc2C#N)o1. The molecule has 0 aliphatic rings. The van der Waals surface area contributed by atoms with Crippen molar-refractivity contribution in [2.24, 2.45) is 0 Å². The van der Waals surface area contributed by atoms with Gasteiger partial charge in [0.15, 0.2) is 0 Å². The van der Waals surface area contributed by atoms with E-state index in [1.165, 1.54) is 0 Å². The summed E-state index contributed by atoms with van der Waals surface area (Å²) in [5.74, 6) is 1.76. The van der Waals surface area contributed by atoms with Crippen molar-refractivity contribution in [2.75, 3.05) is 5.32 Å². The number of nitrogens with one attached hydrogen (secondary N) is 1. The maximum absolute atomic E-state index is 8.99. The summed E-state index contributed by atoms with van der Waals surface area (Å²) in [7, 11) is 0. The fourth-order valence-corrected chi connectivity index (χ4v) is 1.70. The highest BCUT2D eigenvalue weighted by Crippen LogP contribution is 2.23. The summed E-state index contributed by atoms with van der Waals surface area (Å²) in [6.45, 7) is 3.92. The van der Waals surface area contributed by atoms with Crippen molar-refractivity contribution in [3.8, 4) is 6.07 Å². The molecular weight excluding hydrogens is 212 g/mol. The average Bonchev–Trinajstić information content (AvgIpc) is 2.77. The summed E-state index contributed by atoms with van der Waals surface area (Å²) < 4.78 is 5.55. The lowest BCUT2D eigenvalue weighted by Gasteiger charge is -2.13. The zero-order chi connectivity index (χ0) is 12.3. The highest BCUT2D eigenvalue weighted by atomic mass is 16.3. The lowest BCUT2D eigenvalue weighted by atomic mass is 10.1. The van der Waals surface area contributed by atoms with Crippen LogP contribution in [0.2, 0.25) is 0 Å². The summed E-state index contributed by atoms with van der Waals surface area (Å²) in [6.07, 6.45) is 0. The number of benzene rings is 1. The molecule has 0 saturated carbocycles. The van der Waals surface area contributed by atoms with Gasteiger partial charge in [0.2, 0.25) is 0 Å². The Morgan fingerprint density at radius 2 is 2.00 bits per heavy atom. The Hall–Kier alpha value is -2.21. The number of para-hydroxylation sites is 1. The zero-order valence-corrected chi connectivity index (χ0v) is 9.90. The molecule has 3 nitrogen and oxygen atoms in total. The monoisotopic (exact) mass is 226 g/mol. The van der Waals surface area contributed by atoms with Crippen molar-refractivity contribution in [1.82, 2.24) is 0 Å². The molecule has 0 spiro atoms. The number of rotatable bonds is 3. The number of nitriles is 1. The topological polar surface area (TPSA) is 49.0 Å². The van der Waals surface area contributed by atoms with Crippen molar-refractivity contribution in [3.05, 3.63) is 53.5 Å². The third kappa shape index (κ3) is 2.48. The highest BCUT2D eigenvalue weighted by Gasteiger charge is 2.10. The van der Waals surface area contributed by atoms with Gasteiger partial charge in [0.05, 0.1) is 17.3 Å². The molecule has 3 heteroatoms. The van der Waals surface area contributed by atoms with Crippen molar-refractivity contribution >= 4 is 5.69 Å². The Labute approximate surface area is 101 Å². The molecule has 0 bridgehead atoms. The molecule has 0 aliphatic carbocycles. The summed E-state index contributed by atoms with van der Waals surface area (Å²) in [5.41, 5.74) is 1.47. The smallest absolute Gasteiger partial charge is 0.126 e. The van der Waals surface area contributed by atoms with Crippen LogP contribution in [0, 0.1) is 18.3 Å². The number of hydrogen-bond acceptors (Lipinski definition) is 3. The summed E-state index contributed by atoms with van der Waals surface area (Å²) in [6, 6.07) is 13.5. The van der Waals surface area contributed by atoms with Crippen LogP contribution in [0.3, 0.4) is 0 Å². The van der Waals surface area contributed by atoms with Crippen LogP contribution in [0.5, 0.6) is 0 Å². The molecule has 0 radical (unpaired) electrons. The number of anilines is 1. The quantitative estimate of drug-likeness (QED) is 0.869. The number of nitrogens with zero attached hydrogens (tertiary/aromatic N) is 1. The van der Waals surface area contributed by atoms with E-state index in [1.807, 2.05) is 44.2 Å². The second-order valence-electron chi connectivity index (χ2n) is 3.97. The number of aryl methyl sites for hydroxylation is 1. The van der Waals surface area contributed by atoms with Crippen LogP contribution in [-0.2, 0) is 0 Å². The lowest BCUT2D eigenvalue weighted by molar-refractivity contribution is 0.467. The van der Waals surface area contributed by atoms with Crippen LogP contribution in [0.15, 0.2) is 40.8 Å². The molecule has 2 aromatic rings. The van der Waals surface area contributed by atoms with Gasteiger partial charge in [-0.3, -0.25) is 0 Å². The second-order valence-corrected chi connectivity index (χ2v) is 3.97. The molecule has 1 aromatic heterocycles. The van der Waals surface area contributed by atoms with Crippen molar-refractivity contribution in [2.45, 2.75) is 19.9 Å². The van der Waals surface area contributed by atoms with Crippen LogP contribution >= 0.6 is 0 Å². The van der Waals surface area contributed by atoms with Crippen LogP contribution in [0.25, 0.3) is 0 Å². The molecule has 0 saturated heterocycles. The first-order valence-electron chi connectivity index (χ1n) is 5.52. The van der Waals surface area contributed by atoms with E-state index >= 15 is 0 Å². The molecule has 1 N–H and O–H groups in total. The first kappa shape index (κ1) is 11.3. The molecule has 17 heavy (non-hydrogen) atoms. The highest BCUT2D eigenvalue weighted by molar-refractivity contribution is 5.57. The van der Waals surface area contributed by atoms with E-state index in [0.29, 0.717) is 5.56 Å². The van der Waals surface area contributed by atoms with Gasteiger partial charge in [-0.2, -0.15) is 5.26 Å². The van der Waals surface area contributed by atoms with E-state index in [-0.39, 0.29) is 6.04 Å². The third-order valence-electron chi connectivity index (χ3n) is 2.61. The molecule has 0 amide bonds. The molecule has 2 rings (SSSR count). The third-order valence-corrected chi connectivity index (χ3v) is 2.61. The largest absolute Gasteiger partial charge is 0.464 e. The molecule has 1 atom stereocenters. The van der Waals surface area contributed by atoms with Gasteiger partial charge < -0.3 is 9.73 Å². The van der Waals surface area contributed by atoms with Gasteiger partial charge in [-0.05, 0) is 38.1 Å². The predicted molar refractivity (Wildman–Crippen MR) is 66.6 cm³/mol. The lowest BCUT2D eigenvalue weighted by Crippen LogP contribution is -2.06. The summed E-state index contributed by atoms with van der Waals surface area (Å²) in [4.78, 5) is 0. The Morgan fingerprint density at radius 3 is 2.65 bits per heavy atom. The fourth-order valence-electron chi connectivity index (χ4n) is 1.70. The second kappa shape index (κ2) is 4.75. The minimum Gasteiger partial charge on any atom is -0.464 e. The molecule has 0 aliphatic heterocycles. The Morgan fingerprint density at radius 1 is 1.24 bits per heavy atom. The van der Waals surface area contributed by atoms with Crippen LogP contribution in [0.4, 0.5) is 5.69 Å². The van der Waals surface area contributed by atoms with Crippen molar-refractivity contribution in [1.29, 1.82) is 5.26 Å². The van der Waals surface area contributed by atoms with Crippen LogP contribution in [0.1, 0.15) is 30.0 Å². The van der Waals surface area contributed by atoms with Gasteiger partial charge in [0.25, 0.3) is 0 Å². The minimum absolute atomic E-state index is 0.0400. The van der Waals surface area contributed by atoms with Gasteiger partial charge in [0.1, 0.15) is 17.6 Å². The van der Waals surface area contributed by atoms with Crippen molar-refractivity contribution < 1.29 is 4.42 Å². The molecule has 1 aromatic carbocycles. The Balaban J connectivity index is 2.19. The maximum atomic E-state index is 8.99. The number of hydrogen-bond donors (Lipinski definition) is 1. The number of furan rings is 1. The van der Waals surface area contributed by atoms with Crippen LogP contribution in [-0.4, -0.2) is 0 Å². The van der Waals surface area contributed by atoms with E-state index in [4.69, 9.17) is 9.68 Å². The van der Waals surface area contributed by atoms with Gasteiger partial charge in [-0.15, -0.1) is 0 Å². The average molecular weight is 226 g/mol.